The van der Waals surface area contributed by atoms with Crippen LogP contribution in [0.15, 0.2) is 22.0 Å². The SMILES string of the molecule is CCNc1nc(C)cc(NCCNC(=O)c2cc(Br)cs2)n1. The van der Waals surface area contributed by atoms with Gasteiger partial charge in [-0.25, -0.2) is 4.98 Å². The normalized spacial score (nSPS) is 10.3. The Kier molecular flexibility index (Phi) is 6.14. The maximum Gasteiger partial charge on any atom is 0.261 e. The number of amides is 1. The van der Waals surface area contributed by atoms with E-state index in [1.165, 1.54) is 11.3 Å². The van der Waals surface area contributed by atoms with Crippen LogP contribution in [0.1, 0.15) is 22.3 Å². The van der Waals surface area contributed by atoms with Crippen LogP contribution in [0.5, 0.6) is 0 Å². The number of aromatic nitrogens is 2. The summed E-state index contributed by atoms with van der Waals surface area (Å²) in [5.74, 6) is 1.29. The number of aryl methyl sites for hydroxylation is 1. The molecule has 0 saturated heterocycles. The Morgan fingerprint density at radius 2 is 2.09 bits per heavy atom. The number of halogens is 1. The molecule has 0 spiro atoms. The number of hydrogen-bond donors (Lipinski definition) is 3. The second kappa shape index (κ2) is 8.09. The Hall–Kier alpha value is -1.67. The van der Waals surface area contributed by atoms with Crippen LogP contribution < -0.4 is 16.0 Å². The predicted molar refractivity (Wildman–Crippen MR) is 93.8 cm³/mol. The van der Waals surface area contributed by atoms with Crippen LogP contribution in [0.3, 0.4) is 0 Å². The minimum atomic E-state index is -0.0651. The van der Waals surface area contributed by atoms with Crippen LogP contribution in [-0.4, -0.2) is 35.5 Å². The Bertz CT molecular complexity index is 646. The molecule has 2 heterocycles. The third-order valence-corrected chi connectivity index (χ3v) is 4.39. The number of carbonyl (C=O) groups excluding carboxylic acids is 1. The van der Waals surface area contributed by atoms with Gasteiger partial charge in [0.2, 0.25) is 5.95 Å². The first kappa shape index (κ1) is 16.7. The maximum absolute atomic E-state index is 11.9. The number of anilines is 2. The van der Waals surface area contributed by atoms with Gasteiger partial charge in [0.1, 0.15) is 5.82 Å². The molecule has 0 aliphatic rings. The molecule has 8 heteroatoms. The Morgan fingerprint density at radius 3 is 2.77 bits per heavy atom. The van der Waals surface area contributed by atoms with E-state index >= 15 is 0 Å². The molecule has 3 N–H and O–H groups in total. The monoisotopic (exact) mass is 383 g/mol. The molecule has 0 atom stereocenters. The fourth-order valence-electron chi connectivity index (χ4n) is 1.78. The third-order valence-electron chi connectivity index (χ3n) is 2.70. The number of carbonyl (C=O) groups is 1. The summed E-state index contributed by atoms with van der Waals surface area (Å²) in [6.07, 6.45) is 0. The van der Waals surface area contributed by atoms with Crippen molar-refractivity contribution in [2.45, 2.75) is 13.8 Å². The standard InChI is InChI=1S/C14H18BrN5OS/c1-3-16-14-19-9(2)6-12(20-14)17-4-5-18-13(21)11-7-10(15)8-22-11/h6-8H,3-5H2,1-2H3,(H,18,21)(H2,16,17,19,20). The molecule has 0 saturated carbocycles. The first-order chi connectivity index (χ1) is 10.6. The lowest BCUT2D eigenvalue weighted by Crippen LogP contribution is -2.28. The fourth-order valence-corrected chi connectivity index (χ4v) is 3.12. The summed E-state index contributed by atoms with van der Waals surface area (Å²) >= 11 is 4.75. The van der Waals surface area contributed by atoms with Crippen molar-refractivity contribution in [2.24, 2.45) is 0 Å². The molecule has 1 amide bonds. The Balaban J connectivity index is 1.80. The van der Waals surface area contributed by atoms with Crippen LogP contribution in [-0.2, 0) is 0 Å². The summed E-state index contributed by atoms with van der Waals surface area (Å²) in [5.41, 5.74) is 0.890. The maximum atomic E-state index is 11.9. The second-order valence-corrected chi connectivity index (χ2v) is 6.39. The van der Waals surface area contributed by atoms with Gasteiger partial charge in [0, 0.05) is 41.2 Å². The van der Waals surface area contributed by atoms with Crippen LogP contribution in [0, 0.1) is 6.92 Å². The number of hydrogen-bond acceptors (Lipinski definition) is 6. The van der Waals surface area contributed by atoms with Crippen molar-refractivity contribution in [1.82, 2.24) is 15.3 Å². The highest BCUT2D eigenvalue weighted by atomic mass is 79.9. The van der Waals surface area contributed by atoms with Crippen molar-refractivity contribution in [1.29, 1.82) is 0 Å². The summed E-state index contributed by atoms with van der Waals surface area (Å²) in [4.78, 5) is 21.2. The second-order valence-electron chi connectivity index (χ2n) is 4.56. The molecule has 22 heavy (non-hydrogen) atoms. The zero-order valence-corrected chi connectivity index (χ0v) is 14.8. The first-order valence-electron chi connectivity index (χ1n) is 6.94. The molecule has 0 aromatic carbocycles. The lowest BCUT2D eigenvalue weighted by atomic mass is 10.4. The number of nitrogens with zero attached hydrogens (tertiary/aromatic N) is 2. The van der Waals surface area contributed by atoms with Crippen LogP contribution in [0.25, 0.3) is 0 Å². The highest BCUT2D eigenvalue weighted by molar-refractivity contribution is 9.10. The highest BCUT2D eigenvalue weighted by Crippen LogP contribution is 2.19. The lowest BCUT2D eigenvalue weighted by molar-refractivity contribution is 0.0959. The molecule has 2 rings (SSSR count). The van der Waals surface area contributed by atoms with Gasteiger partial charge in [0.15, 0.2) is 0 Å². The van der Waals surface area contributed by atoms with Gasteiger partial charge >= 0.3 is 0 Å². The summed E-state index contributed by atoms with van der Waals surface area (Å²) in [7, 11) is 0. The quantitative estimate of drug-likeness (QED) is 0.640. The van der Waals surface area contributed by atoms with E-state index in [0.29, 0.717) is 23.9 Å². The Morgan fingerprint density at radius 1 is 1.27 bits per heavy atom. The summed E-state index contributed by atoms with van der Waals surface area (Å²) in [5, 5.41) is 11.0. The highest BCUT2D eigenvalue weighted by Gasteiger charge is 2.07. The van der Waals surface area contributed by atoms with Gasteiger partial charge in [0.25, 0.3) is 5.91 Å². The van der Waals surface area contributed by atoms with Crippen LogP contribution in [0.2, 0.25) is 0 Å². The molecule has 118 valence electrons. The molecule has 0 radical (unpaired) electrons. The van der Waals surface area contributed by atoms with Crippen molar-refractivity contribution >= 4 is 44.9 Å². The molecular formula is C14H18BrN5OS. The van der Waals surface area contributed by atoms with Crippen molar-refractivity contribution < 1.29 is 4.79 Å². The zero-order chi connectivity index (χ0) is 15.9. The van der Waals surface area contributed by atoms with E-state index in [1.54, 1.807) is 0 Å². The number of nitrogens with one attached hydrogen (secondary N) is 3. The van der Waals surface area contributed by atoms with E-state index in [0.717, 1.165) is 22.5 Å². The molecule has 0 aliphatic heterocycles. The summed E-state index contributed by atoms with van der Waals surface area (Å²) in [6.45, 7) is 5.81. The molecule has 2 aromatic rings. The van der Waals surface area contributed by atoms with Gasteiger partial charge in [-0.05, 0) is 35.8 Å². The van der Waals surface area contributed by atoms with Crippen LogP contribution in [0.4, 0.5) is 11.8 Å². The lowest BCUT2D eigenvalue weighted by Gasteiger charge is -2.09. The third kappa shape index (κ3) is 4.96. The molecule has 6 nitrogen and oxygen atoms in total. The molecule has 0 bridgehead atoms. The van der Waals surface area contributed by atoms with Crippen molar-refractivity contribution in [3.05, 3.63) is 32.6 Å². The van der Waals surface area contributed by atoms with Gasteiger partial charge in [-0.3, -0.25) is 4.79 Å². The average molecular weight is 384 g/mol. The topological polar surface area (TPSA) is 78.9 Å². The van der Waals surface area contributed by atoms with Crippen molar-refractivity contribution in [3.8, 4) is 0 Å². The van der Waals surface area contributed by atoms with Gasteiger partial charge in [-0.2, -0.15) is 4.98 Å². The van der Waals surface area contributed by atoms with E-state index in [4.69, 9.17) is 0 Å². The Labute approximate surface area is 141 Å². The van der Waals surface area contributed by atoms with Gasteiger partial charge in [-0.15, -0.1) is 11.3 Å². The smallest absolute Gasteiger partial charge is 0.261 e. The summed E-state index contributed by atoms with van der Waals surface area (Å²) < 4.78 is 0.924. The molecule has 2 aromatic heterocycles. The van der Waals surface area contributed by atoms with Crippen molar-refractivity contribution in [2.75, 3.05) is 30.3 Å². The van der Waals surface area contributed by atoms with E-state index in [9.17, 15) is 4.79 Å². The summed E-state index contributed by atoms with van der Waals surface area (Å²) in [6, 6.07) is 3.68. The zero-order valence-electron chi connectivity index (χ0n) is 12.4. The van der Waals surface area contributed by atoms with E-state index in [1.807, 2.05) is 31.4 Å². The molecule has 0 fully saturated rings. The van der Waals surface area contributed by atoms with Crippen LogP contribution >= 0.6 is 27.3 Å². The minimum Gasteiger partial charge on any atom is -0.368 e. The van der Waals surface area contributed by atoms with E-state index in [2.05, 4.69) is 41.8 Å². The number of thiophene rings is 1. The number of rotatable bonds is 7. The molecule has 0 aliphatic carbocycles. The molecular weight excluding hydrogens is 366 g/mol. The van der Waals surface area contributed by atoms with Gasteiger partial charge in [0.05, 0.1) is 4.88 Å². The first-order valence-corrected chi connectivity index (χ1v) is 8.61. The van der Waals surface area contributed by atoms with Crippen molar-refractivity contribution in [3.63, 3.8) is 0 Å². The largest absolute Gasteiger partial charge is 0.368 e. The molecule has 0 unspecified atom stereocenters. The minimum absolute atomic E-state index is 0.0651. The van der Waals surface area contributed by atoms with E-state index < -0.39 is 0 Å². The van der Waals surface area contributed by atoms with E-state index in [-0.39, 0.29) is 5.91 Å². The predicted octanol–water partition coefficient (Wildman–Crippen LogP) is 2.88. The van der Waals surface area contributed by atoms with Gasteiger partial charge in [-0.1, -0.05) is 0 Å². The average Bonchev–Trinajstić information content (AvgIpc) is 2.90. The van der Waals surface area contributed by atoms with Gasteiger partial charge < -0.3 is 16.0 Å². The fraction of sp³-hybridized carbons (Fsp3) is 0.357.